The molecule has 0 radical (unpaired) electrons. The van der Waals surface area contributed by atoms with E-state index in [0.29, 0.717) is 5.90 Å². The van der Waals surface area contributed by atoms with Crippen LogP contribution in [0.15, 0.2) is 4.99 Å². The number of hydrogen-bond donors (Lipinski definition) is 0. The first-order valence-corrected chi connectivity index (χ1v) is 2.45. The monoisotopic (exact) mass is 121 g/mol. The zero-order chi connectivity index (χ0) is 5.70. The fourth-order valence-corrected chi connectivity index (χ4v) is 0.317. The molecule has 0 N–H and O–H groups in total. The summed E-state index contributed by atoms with van der Waals surface area (Å²) in [5.41, 5.74) is 0. The van der Waals surface area contributed by atoms with Crippen LogP contribution in [-0.2, 0) is 4.74 Å². The number of rotatable bonds is 1. The first-order valence-electron chi connectivity index (χ1n) is 1.92. The van der Waals surface area contributed by atoms with Crippen molar-refractivity contribution in [3.05, 3.63) is 0 Å². The number of nitrogens with zero attached hydrogens (tertiary/aromatic N) is 1. The van der Waals surface area contributed by atoms with Crippen molar-refractivity contribution < 1.29 is 4.74 Å². The second-order valence-electron chi connectivity index (χ2n) is 1.00. The molecular weight excluding hydrogens is 114 g/mol. The molecule has 0 saturated heterocycles. The highest BCUT2D eigenvalue weighted by Gasteiger charge is 1.78. The summed E-state index contributed by atoms with van der Waals surface area (Å²) in [4.78, 5) is 3.70. The van der Waals surface area contributed by atoms with Gasteiger partial charge in [0.25, 0.3) is 0 Å². The van der Waals surface area contributed by atoms with E-state index < -0.39 is 0 Å². The van der Waals surface area contributed by atoms with Gasteiger partial charge in [-0.05, 0) is 0 Å². The molecule has 0 aromatic heterocycles. The molecule has 0 aromatic carbocycles. The third kappa shape index (κ3) is 3.59. The Morgan fingerprint density at radius 2 is 2.43 bits per heavy atom. The molecule has 0 fully saturated rings. The van der Waals surface area contributed by atoms with E-state index in [-0.39, 0.29) is 6.00 Å². The van der Waals surface area contributed by atoms with Gasteiger partial charge in [0.2, 0.25) is 0 Å². The first-order chi connectivity index (χ1) is 3.31. The van der Waals surface area contributed by atoms with Crippen LogP contribution in [0.3, 0.4) is 0 Å². The van der Waals surface area contributed by atoms with Crippen LogP contribution in [0.4, 0.5) is 0 Å². The molecule has 0 rings (SSSR count). The molecule has 0 bridgehead atoms. The van der Waals surface area contributed by atoms with Crippen molar-refractivity contribution in [3.63, 3.8) is 0 Å². The molecule has 0 aromatic rings. The van der Waals surface area contributed by atoms with Crippen LogP contribution in [-0.4, -0.2) is 19.0 Å². The van der Waals surface area contributed by atoms with Crippen molar-refractivity contribution in [1.29, 1.82) is 0 Å². The Morgan fingerprint density at radius 3 is 2.57 bits per heavy atom. The summed E-state index contributed by atoms with van der Waals surface area (Å²) < 4.78 is 4.66. The summed E-state index contributed by atoms with van der Waals surface area (Å²) in [6, 6.07) is 0.277. The topological polar surface area (TPSA) is 21.6 Å². The van der Waals surface area contributed by atoms with Crippen molar-refractivity contribution in [1.82, 2.24) is 0 Å². The van der Waals surface area contributed by atoms with E-state index in [0.717, 1.165) is 0 Å². The predicted octanol–water partition coefficient (Wildman–Crippen LogP) is 1.25. The molecule has 0 aliphatic carbocycles. The molecular formula is C4H8ClNO. The third-order valence-electron chi connectivity index (χ3n) is 0.578. The van der Waals surface area contributed by atoms with E-state index in [9.17, 15) is 0 Å². The summed E-state index contributed by atoms with van der Waals surface area (Å²) in [6.45, 7) is 1.75. The van der Waals surface area contributed by atoms with Crippen LogP contribution < -0.4 is 0 Å². The Hall–Kier alpha value is -0.240. The van der Waals surface area contributed by atoms with Gasteiger partial charge < -0.3 is 4.74 Å². The summed E-state index contributed by atoms with van der Waals surface area (Å²) in [5, 5.41) is 0. The van der Waals surface area contributed by atoms with Crippen molar-refractivity contribution >= 4 is 17.5 Å². The molecule has 0 heterocycles. The Morgan fingerprint density at radius 1 is 1.86 bits per heavy atom. The quantitative estimate of drug-likeness (QED) is 0.221. The number of hydrogen-bond acceptors (Lipinski definition) is 2. The van der Waals surface area contributed by atoms with Crippen LogP contribution >= 0.6 is 11.6 Å². The van der Waals surface area contributed by atoms with Crippen molar-refractivity contribution in [3.8, 4) is 0 Å². The number of aliphatic imine (C=N–C) groups is 1. The van der Waals surface area contributed by atoms with Gasteiger partial charge in [0.05, 0.1) is 7.11 Å². The van der Waals surface area contributed by atoms with Gasteiger partial charge in [-0.25, -0.2) is 4.99 Å². The standard InChI is InChI=1S/C4H8ClNO/c1-4(7-2)6-3-5/h3H2,1-2H3. The second kappa shape index (κ2) is 3.93. The minimum absolute atomic E-state index is 0.277. The fourth-order valence-electron chi connectivity index (χ4n) is 0.149. The molecule has 0 atom stereocenters. The van der Waals surface area contributed by atoms with Crippen LogP contribution in [0.1, 0.15) is 6.92 Å². The highest BCUT2D eigenvalue weighted by molar-refractivity contribution is 6.18. The number of alkyl halides is 1. The fraction of sp³-hybridized carbons (Fsp3) is 0.750. The molecule has 3 heteroatoms. The molecule has 0 aliphatic rings. The maximum absolute atomic E-state index is 5.21. The van der Waals surface area contributed by atoms with E-state index in [1.54, 1.807) is 14.0 Å². The zero-order valence-corrected chi connectivity index (χ0v) is 5.20. The molecule has 0 amide bonds. The lowest BCUT2D eigenvalue weighted by Crippen LogP contribution is -1.92. The Labute approximate surface area is 48.1 Å². The molecule has 7 heavy (non-hydrogen) atoms. The van der Waals surface area contributed by atoms with Gasteiger partial charge in [0.1, 0.15) is 6.00 Å². The highest BCUT2D eigenvalue weighted by Crippen LogP contribution is 1.80. The lowest BCUT2D eigenvalue weighted by molar-refractivity contribution is 0.399. The average Bonchev–Trinajstić information content (AvgIpc) is 1.68. The van der Waals surface area contributed by atoms with Crippen LogP contribution in [0, 0.1) is 0 Å². The van der Waals surface area contributed by atoms with Gasteiger partial charge in [0, 0.05) is 6.92 Å². The van der Waals surface area contributed by atoms with E-state index in [1.165, 1.54) is 0 Å². The minimum atomic E-state index is 0.277. The van der Waals surface area contributed by atoms with Gasteiger partial charge in [0.15, 0.2) is 5.90 Å². The van der Waals surface area contributed by atoms with Crippen molar-refractivity contribution in [2.45, 2.75) is 6.92 Å². The molecule has 42 valence electrons. The van der Waals surface area contributed by atoms with E-state index >= 15 is 0 Å². The summed E-state index contributed by atoms with van der Waals surface area (Å²) >= 11 is 5.21. The third-order valence-corrected chi connectivity index (χ3v) is 0.697. The number of halogens is 1. The normalized spacial score (nSPS) is 11.6. The van der Waals surface area contributed by atoms with E-state index in [1.807, 2.05) is 0 Å². The summed E-state index contributed by atoms with van der Waals surface area (Å²) in [7, 11) is 1.56. The smallest absolute Gasteiger partial charge is 0.180 e. The lowest BCUT2D eigenvalue weighted by Gasteiger charge is -1.91. The number of methoxy groups -OCH3 is 1. The Balaban J connectivity index is 3.29. The highest BCUT2D eigenvalue weighted by atomic mass is 35.5. The molecule has 0 spiro atoms. The maximum Gasteiger partial charge on any atom is 0.180 e. The van der Waals surface area contributed by atoms with Gasteiger partial charge in [-0.3, -0.25) is 0 Å². The second-order valence-corrected chi connectivity index (χ2v) is 1.24. The minimum Gasteiger partial charge on any atom is -0.484 e. The van der Waals surface area contributed by atoms with Gasteiger partial charge in [-0.15, -0.1) is 11.6 Å². The molecule has 2 nitrogen and oxygen atoms in total. The maximum atomic E-state index is 5.21. The summed E-state index contributed by atoms with van der Waals surface area (Å²) in [5.74, 6) is 0.620. The van der Waals surface area contributed by atoms with E-state index in [2.05, 4.69) is 9.73 Å². The first kappa shape index (κ1) is 6.76. The Kier molecular flexibility index (Phi) is 3.80. The van der Waals surface area contributed by atoms with Crippen LogP contribution in [0.25, 0.3) is 0 Å². The van der Waals surface area contributed by atoms with E-state index in [4.69, 9.17) is 11.6 Å². The predicted molar refractivity (Wildman–Crippen MR) is 30.8 cm³/mol. The molecule has 0 saturated carbocycles. The van der Waals surface area contributed by atoms with Crippen LogP contribution in [0.2, 0.25) is 0 Å². The van der Waals surface area contributed by atoms with Gasteiger partial charge in [-0.1, -0.05) is 0 Å². The summed E-state index contributed by atoms with van der Waals surface area (Å²) in [6.07, 6.45) is 0. The molecule has 0 aliphatic heterocycles. The molecule has 0 unspecified atom stereocenters. The van der Waals surface area contributed by atoms with Crippen LogP contribution in [0.5, 0.6) is 0 Å². The van der Waals surface area contributed by atoms with Crippen molar-refractivity contribution in [2.75, 3.05) is 13.1 Å². The zero-order valence-electron chi connectivity index (χ0n) is 4.44. The Bertz CT molecular complexity index is 72.1. The number of ether oxygens (including phenoxy) is 1. The largest absolute Gasteiger partial charge is 0.484 e. The van der Waals surface area contributed by atoms with Gasteiger partial charge >= 0.3 is 0 Å². The SMILES string of the molecule is COC(C)=NCCl. The van der Waals surface area contributed by atoms with Gasteiger partial charge in [-0.2, -0.15) is 0 Å². The lowest BCUT2D eigenvalue weighted by atomic mass is 10.8. The average molecular weight is 122 g/mol. The van der Waals surface area contributed by atoms with Crippen molar-refractivity contribution in [2.24, 2.45) is 4.99 Å².